The van der Waals surface area contributed by atoms with Gasteiger partial charge in [0.05, 0.1) is 26.0 Å². The van der Waals surface area contributed by atoms with Crippen LogP contribution in [-0.4, -0.2) is 25.2 Å². The maximum Gasteiger partial charge on any atom is 0.213 e. The molecule has 0 saturated carbocycles. The highest BCUT2D eigenvalue weighted by Crippen LogP contribution is 2.22. The molecule has 1 atom stereocenters. The molecule has 5 heteroatoms. The molecule has 0 aliphatic carbocycles. The number of rotatable bonds is 6. The highest BCUT2D eigenvalue weighted by molar-refractivity contribution is 5.32. The van der Waals surface area contributed by atoms with Crippen molar-refractivity contribution in [3.05, 3.63) is 22.7 Å². The molecular formula is C11H16N2O3. The predicted octanol–water partition coefficient (Wildman–Crippen LogP) is 2.19. The van der Waals surface area contributed by atoms with Crippen molar-refractivity contribution in [3.63, 3.8) is 0 Å². The molecule has 0 saturated heterocycles. The summed E-state index contributed by atoms with van der Waals surface area (Å²) in [6.07, 6.45) is 1.16. The minimum absolute atomic E-state index is 0.270. The summed E-state index contributed by atoms with van der Waals surface area (Å²) in [7, 11) is 3.12. The Kier molecular flexibility index (Phi) is 4.69. The van der Waals surface area contributed by atoms with Crippen LogP contribution in [-0.2, 0) is 6.42 Å². The van der Waals surface area contributed by atoms with E-state index in [4.69, 9.17) is 9.47 Å². The number of aromatic nitrogens is 1. The van der Waals surface area contributed by atoms with Crippen LogP contribution in [0, 0.1) is 4.91 Å². The third-order valence-corrected chi connectivity index (χ3v) is 2.39. The zero-order valence-electron chi connectivity index (χ0n) is 9.77. The fraction of sp³-hybridized carbons (Fsp3) is 0.545. The Morgan fingerprint density at radius 1 is 1.38 bits per heavy atom. The molecule has 1 unspecified atom stereocenters. The van der Waals surface area contributed by atoms with Gasteiger partial charge in [-0.15, -0.1) is 0 Å². The Balaban J connectivity index is 2.94. The largest absolute Gasteiger partial charge is 0.495 e. The van der Waals surface area contributed by atoms with Gasteiger partial charge in [-0.25, -0.2) is 4.98 Å². The molecule has 0 bridgehead atoms. The number of hydrogen-bond acceptors (Lipinski definition) is 5. The maximum atomic E-state index is 10.5. The second-order valence-corrected chi connectivity index (χ2v) is 3.37. The molecule has 1 aromatic rings. The molecule has 1 rings (SSSR count). The second kappa shape index (κ2) is 6.05. The lowest BCUT2D eigenvalue weighted by atomic mass is 10.1. The minimum atomic E-state index is -0.270. The summed E-state index contributed by atoms with van der Waals surface area (Å²) in [5, 5.41) is 3.05. The van der Waals surface area contributed by atoms with Crippen LogP contribution in [0.3, 0.4) is 0 Å². The summed E-state index contributed by atoms with van der Waals surface area (Å²) in [6.45, 7) is 1.92. The molecule has 0 aliphatic rings. The number of ether oxygens (including phenoxy) is 2. The molecule has 0 spiro atoms. The number of pyridine rings is 1. The lowest BCUT2D eigenvalue weighted by Crippen LogP contribution is -2.09. The Labute approximate surface area is 94.8 Å². The van der Waals surface area contributed by atoms with Crippen molar-refractivity contribution in [3.8, 4) is 11.6 Å². The molecule has 1 heterocycles. The molecule has 5 nitrogen and oxygen atoms in total. The first kappa shape index (κ1) is 12.4. The van der Waals surface area contributed by atoms with Crippen LogP contribution in [0.2, 0.25) is 0 Å². The zero-order valence-corrected chi connectivity index (χ0v) is 9.77. The van der Waals surface area contributed by atoms with E-state index in [9.17, 15) is 4.91 Å². The van der Waals surface area contributed by atoms with E-state index in [-0.39, 0.29) is 6.04 Å². The first-order valence-corrected chi connectivity index (χ1v) is 5.15. The van der Waals surface area contributed by atoms with E-state index in [1.54, 1.807) is 26.4 Å². The number of nitroso groups, excluding NO2 is 1. The van der Waals surface area contributed by atoms with Gasteiger partial charge in [0.25, 0.3) is 0 Å². The van der Waals surface area contributed by atoms with E-state index in [1.165, 1.54) is 0 Å². The fourth-order valence-electron chi connectivity index (χ4n) is 1.39. The van der Waals surface area contributed by atoms with Crippen molar-refractivity contribution < 1.29 is 9.47 Å². The van der Waals surface area contributed by atoms with Gasteiger partial charge < -0.3 is 9.47 Å². The molecule has 1 aromatic heterocycles. The Hall–Kier alpha value is -1.65. The first-order valence-electron chi connectivity index (χ1n) is 5.15. The van der Waals surface area contributed by atoms with E-state index in [0.29, 0.717) is 30.2 Å². The van der Waals surface area contributed by atoms with Gasteiger partial charge in [-0.1, -0.05) is 12.1 Å². The smallest absolute Gasteiger partial charge is 0.213 e. The van der Waals surface area contributed by atoms with Crippen molar-refractivity contribution in [2.24, 2.45) is 5.18 Å². The molecule has 0 aromatic carbocycles. The molecule has 0 N–H and O–H groups in total. The van der Waals surface area contributed by atoms with E-state index < -0.39 is 0 Å². The van der Waals surface area contributed by atoms with Gasteiger partial charge >= 0.3 is 0 Å². The second-order valence-electron chi connectivity index (χ2n) is 3.37. The number of hydrogen-bond donors (Lipinski definition) is 0. The average Bonchev–Trinajstić information content (AvgIpc) is 2.35. The van der Waals surface area contributed by atoms with Crippen molar-refractivity contribution in [2.75, 3.05) is 14.2 Å². The quantitative estimate of drug-likeness (QED) is 0.695. The van der Waals surface area contributed by atoms with Gasteiger partial charge in [0, 0.05) is 12.5 Å². The normalized spacial score (nSPS) is 11.9. The van der Waals surface area contributed by atoms with Crippen LogP contribution >= 0.6 is 0 Å². The van der Waals surface area contributed by atoms with E-state index in [0.717, 1.165) is 0 Å². The van der Waals surface area contributed by atoms with Crippen molar-refractivity contribution >= 4 is 0 Å². The average molecular weight is 224 g/mol. The Bertz CT molecular complexity index is 355. The van der Waals surface area contributed by atoms with Gasteiger partial charge in [0.15, 0.2) is 0 Å². The summed E-state index contributed by atoms with van der Waals surface area (Å²) in [6, 6.07) is 3.23. The van der Waals surface area contributed by atoms with E-state index in [2.05, 4.69) is 10.2 Å². The summed E-state index contributed by atoms with van der Waals surface area (Å²) >= 11 is 0. The summed E-state index contributed by atoms with van der Waals surface area (Å²) in [4.78, 5) is 14.8. The van der Waals surface area contributed by atoms with Gasteiger partial charge in [0.2, 0.25) is 5.88 Å². The molecule has 16 heavy (non-hydrogen) atoms. The monoisotopic (exact) mass is 224 g/mol. The van der Waals surface area contributed by atoms with Gasteiger partial charge in [-0.05, 0) is 12.5 Å². The van der Waals surface area contributed by atoms with Crippen LogP contribution in [0.15, 0.2) is 17.3 Å². The number of methoxy groups -OCH3 is 2. The molecular weight excluding hydrogens is 208 g/mol. The topological polar surface area (TPSA) is 60.8 Å². The van der Waals surface area contributed by atoms with Crippen LogP contribution in [0.5, 0.6) is 11.6 Å². The van der Waals surface area contributed by atoms with Crippen LogP contribution in [0.1, 0.15) is 19.0 Å². The SMILES string of the molecule is CCC(Cc1nc(OC)ccc1OC)N=O. The lowest BCUT2D eigenvalue weighted by molar-refractivity contribution is 0.380. The first-order chi connectivity index (χ1) is 7.74. The number of nitrogens with zero attached hydrogens (tertiary/aromatic N) is 2. The van der Waals surface area contributed by atoms with Gasteiger partial charge in [-0.2, -0.15) is 4.91 Å². The van der Waals surface area contributed by atoms with Crippen molar-refractivity contribution in [2.45, 2.75) is 25.8 Å². The lowest BCUT2D eigenvalue weighted by Gasteiger charge is -2.11. The Morgan fingerprint density at radius 3 is 2.62 bits per heavy atom. The van der Waals surface area contributed by atoms with Crippen LogP contribution in [0.4, 0.5) is 0 Å². The summed E-state index contributed by atoms with van der Waals surface area (Å²) in [5.41, 5.74) is 0.702. The van der Waals surface area contributed by atoms with E-state index in [1.807, 2.05) is 6.92 Å². The van der Waals surface area contributed by atoms with Crippen LogP contribution < -0.4 is 9.47 Å². The fourth-order valence-corrected chi connectivity index (χ4v) is 1.39. The standard InChI is InChI=1S/C11H16N2O3/c1-4-8(13-14)7-9-10(15-2)5-6-11(12-9)16-3/h5-6,8H,4,7H2,1-3H3. The molecule has 0 aliphatic heterocycles. The Morgan fingerprint density at radius 2 is 2.12 bits per heavy atom. The molecule has 0 fully saturated rings. The van der Waals surface area contributed by atoms with E-state index >= 15 is 0 Å². The third kappa shape index (κ3) is 2.92. The molecule has 0 radical (unpaired) electrons. The maximum absolute atomic E-state index is 10.5. The third-order valence-electron chi connectivity index (χ3n) is 2.39. The highest BCUT2D eigenvalue weighted by Gasteiger charge is 2.13. The predicted molar refractivity (Wildman–Crippen MR) is 60.9 cm³/mol. The highest BCUT2D eigenvalue weighted by atomic mass is 16.5. The molecule has 88 valence electrons. The minimum Gasteiger partial charge on any atom is -0.495 e. The van der Waals surface area contributed by atoms with Gasteiger partial charge in [-0.3, -0.25) is 0 Å². The van der Waals surface area contributed by atoms with Crippen molar-refractivity contribution in [1.29, 1.82) is 0 Å². The van der Waals surface area contributed by atoms with Gasteiger partial charge in [0.1, 0.15) is 5.75 Å². The zero-order chi connectivity index (χ0) is 12.0. The van der Waals surface area contributed by atoms with Crippen LogP contribution in [0.25, 0.3) is 0 Å². The van der Waals surface area contributed by atoms with Crippen molar-refractivity contribution in [1.82, 2.24) is 4.98 Å². The summed E-state index contributed by atoms with van der Waals surface area (Å²) < 4.78 is 10.2. The summed E-state index contributed by atoms with van der Waals surface area (Å²) in [5.74, 6) is 1.17. The molecule has 0 amide bonds.